The van der Waals surface area contributed by atoms with Gasteiger partial charge in [-0.3, -0.25) is 14.8 Å². The largest absolute Gasteiger partial charge is 0.437 e. The zero-order valence-corrected chi connectivity index (χ0v) is 17.2. The van der Waals surface area contributed by atoms with Crippen LogP contribution in [0.15, 0.2) is 73.3 Å². The van der Waals surface area contributed by atoms with Gasteiger partial charge in [-0.25, -0.2) is 9.37 Å². The molecule has 3 aromatic heterocycles. The molecule has 0 aliphatic heterocycles. The second kappa shape index (κ2) is 8.83. The first-order chi connectivity index (χ1) is 15.0. The fourth-order valence-corrected chi connectivity index (χ4v) is 3.27. The highest BCUT2D eigenvalue weighted by Crippen LogP contribution is 2.27. The van der Waals surface area contributed by atoms with Crippen LogP contribution in [0.2, 0.25) is 0 Å². The molecule has 0 aliphatic rings. The highest BCUT2D eigenvalue weighted by molar-refractivity contribution is 5.98. The Morgan fingerprint density at radius 2 is 1.87 bits per heavy atom. The Morgan fingerprint density at radius 3 is 2.58 bits per heavy atom. The summed E-state index contributed by atoms with van der Waals surface area (Å²) in [6, 6.07) is 13.7. The molecule has 3 heterocycles. The van der Waals surface area contributed by atoms with E-state index >= 15 is 0 Å². The molecule has 0 N–H and O–H groups in total. The summed E-state index contributed by atoms with van der Waals surface area (Å²) in [5.74, 6) is 0.557. The van der Waals surface area contributed by atoms with Crippen molar-refractivity contribution in [1.29, 1.82) is 0 Å². The van der Waals surface area contributed by atoms with Crippen molar-refractivity contribution in [3.05, 3.63) is 102 Å². The van der Waals surface area contributed by atoms with Crippen molar-refractivity contribution in [2.24, 2.45) is 0 Å². The topological polar surface area (TPSA) is 65.0 Å². The number of hydrogen-bond acceptors (Lipinski definition) is 5. The van der Waals surface area contributed by atoms with Gasteiger partial charge in [-0.05, 0) is 49.2 Å². The van der Waals surface area contributed by atoms with Gasteiger partial charge in [0.05, 0.1) is 12.6 Å². The maximum atomic E-state index is 13.7. The summed E-state index contributed by atoms with van der Waals surface area (Å²) >= 11 is 0. The number of halogens is 1. The smallest absolute Gasteiger partial charge is 0.219 e. The number of ether oxygens (including phenoxy) is 1. The average molecular weight is 413 g/mol. The molecule has 31 heavy (non-hydrogen) atoms. The van der Waals surface area contributed by atoms with Crippen LogP contribution in [0, 0.1) is 19.7 Å². The van der Waals surface area contributed by atoms with Gasteiger partial charge in [-0.1, -0.05) is 18.2 Å². The van der Waals surface area contributed by atoms with E-state index in [4.69, 9.17) is 4.74 Å². The van der Waals surface area contributed by atoms with Crippen LogP contribution in [0.4, 0.5) is 4.39 Å². The molecule has 0 radical (unpaired) electrons. The zero-order chi connectivity index (χ0) is 21.8. The van der Waals surface area contributed by atoms with E-state index in [1.54, 1.807) is 56.0 Å². The van der Waals surface area contributed by atoms with Gasteiger partial charge in [0.1, 0.15) is 11.6 Å². The van der Waals surface area contributed by atoms with E-state index in [2.05, 4.69) is 15.0 Å². The standard InChI is InChI=1S/C25H20FN3O2/c1-16-11-25(31-20-5-4-10-27-14-20)29-15-22(16)18-8-9-19(28-13-18)12-24(30)21-6-3-7-23(26)17(21)2/h3-11,13-15H,12H2,1-2H3. The van der Waals surface area contributed by atoms with E-state index in [9.17, 15) is 9.18 Å². The maximum absolute atomic E-state index is 13.7. The molecular weight excluding hydrogens is 393 g/mol. The van der Waals surface area contributed by atoms with E-state index in [1.165, 1.54) is 6.07 Å². The maximum Gasteiger partial charge on any atom is 0.219 e. The van der Waals surface area contributed by atoms with Gasteiger partial charge in [0.25, 0.3) is 0 Å². The number of Topliss-reactive ketones (excluding diaryl/α,β-unsaturated/α-hetero) is 1. The molecule has 6 heteroatoms. The van der Waals surface area contributed by atoms with Crippen molar-refractivity contribution in [3.63, 3.8) is 0 Å². The lowest BCUT2D eigenvalue weighted by Gasteiger charge is -2.10. The van der Waals surface area contributed by atoms with Crippen LogP contribution >= 0.6 is 0 Å². The number of rotatable bonds is 6. The van der Waals surface area contributed by atoms with Crippen molar-refractivity contribution in [1.82, 2.24) is 15.0 Å². The van der Waals surface area contributed by atoms with Crippen LogP contribution in [-0.4, -0.2) is 20.7 Å². The molecule has 0 saturated heterocycles. The van der Waals surface area contributed by atoms with Gasteiger partial charge in [-0.2, -0.15) is 0 Å². The van der Waals surface area contributed by atoms with Crippen LogP contribution in [0.25, 0.3) is 11.1 Å². The van der Waals surface area contributed by atoms with Crippen molar-refractivity contribution >= 4 is 5.78 Å². The minimum absolute atomic E-state index is 0.111. The normalized spacial score (nSPS) is 10.7. The molecule has 4 rings (SSSR count). The van der Waals surface area contributed by atoms with E-state index < -0.39 is 0 Å². The summed E-state index contributed by atoms with van der Waals surface area (Å²) in [6.07, 6.45) is 6.86. The summed E-state index contributed by atoms with van der Waals surface area (Å²) in [4.78, 5) is 25.4. The summed E-state index contributed by atoms with van der Waals surface area (Å²) in [7, 11) is 0. The van der Waals surface area contributed by atoms with E-state index in [0.29, 0.717) is 28.5 Å². The molecule has 0 saturated carbocycles. The number of hydrogen-bond donors (Lipinski definition) is 0. The SMILES string of the molecule is Cc1cc(Oc2cccnc2)ncc1-c1ccc(CC(=O)c2cccc(F)c2C)nc1. The Balaban J connectivity index is 1.49. The number of carbonyl (C=O) groups is 1. The van der Waals surface area contributed by atoms with Crippen molar-refractivity contribution in [2.75, 3.05) is 0 Å². The van der Waals surface area contributed by atoms with Crippen molar-refractivity contribution in [3.8, 4) is 22.8 Å². The molecular formula is C25H20FN3O2. The minimum atomic E-state index is -0.381. The lowest BCUT2D eigenvalue weighted by atomic mass is 10.00. The molecule has 0 amide bonds. The third kappa shape index (κ3) is 4.64. The minimum Gasteiger partial charge on any atom is -0.437 e. The van der Waals surface area contributed by atoms with Crippen molar-refractivity contribution < 1.29 is 13.9 Å². The molecule has 0 atom stereocenters. The summed E-state index contributed by atoms with van der Waals surface area (Å²) in [5, 5.41) is 0. The van der Waals surface area contributed by atoms with E-state index in [1.807, 2.05) is 25.1 Å². The monoisotopic (exact) mass is 413 g/mol. The van der Waals surface area contributed by atoms with Gasteiger partial charge in [-0.15, -0.1) is 0 Å². The van der Waals surface area contributed by atoms with Gasteiger partial charge >= 0.3 is 0 Å². The highest BCUT2D eigenvalue weighted by atomic mass is 19.1. The predicted octanol–water partition coefficient (Wildman–Crippen LogP) is 5.51. The highest BCUT2D eigenvalue weighted by Gasteiger charge is 2.14. The van der Waals surface area contributed by atoms with Crippen LogP contribution in [0.3, 0.4) is 0 Å². The molecule has 4 aromatic rings. The molecule has 154 valence electrons. The Bertz CT molecular complexity index is 1230. The molecule has 0 unspecified atom stereocenters. The number of benzene rings is 1. The quantitative estimate of drug-likeness (QED) is 0.390. The van der Waals surface area contributed by atoms with Gasteiger partial charge in [0, 0.05) is 47.0 Å². The molecule has 0 fully saturated rings. The number of nitrogens with zero attached hydrogens (tertiary/aromatic N) is 3. The summed E-state index contributed by atoms with van der Waals surface area (Å²) < 4.78 is 19.4. The molecule has 0 aliphatic carbocycles. The van der Waals surface area contributed by atoms with Crippen LogP contribution in [0.1, 0.15) is 27.2 Å². The Labute approximate surface area is 179 Å². The van der Waals surface area contributed by atoms with Crippen LogP contribution in [-0.2, 0) is 6.42 Å². The second-order valence-corrected chi connectivity index (χ2v) is 7.18. The van der Waals surface area contributed by atoms with Gasteiger partial charge in [0.2, 0.25) is 5.88 Å². The van der Waals surface area contributed by atoms with Crippen LogP contribution < -0.4 is 4.74 Å². The second-order valence-electron chi connectivity index (χ2n) is 7.18. The molecule has 0 bridgehead atoms. The number of aryl methyl sites for hydroxylation is 1. The Morgan fingerprint density at radius 1 is 1.00 bits per heavy atom. The summed E-state index contributed by atoms with van der Waals surface area (Å²) in [6.45, 7) is 3.58. The first kappa shape index (κ1) is 20.3. The van der Waals surface area contributed by atoms with Gasteiger partial charge in [0.15, 0.2) is 5.78 Å². The van der Waals surface area contributed by atoms with Crippen LogP contribution in [0.5, 0.6) is 11.6 Å². The lowest BCUT2D eigenvalue weighted by Crippen LogP contribution is -2.08. The third-order valence-electron chi connectivity index (χ3n) is 4.99. The van der Waals surface area contributed by atoms with E-state index in [-0.39, 0.29) is 18.0 Å². The third-order valence-corrected chi connectivity index (χ3v) is 4.99. The molecule has 0 spiro atoms. The lowest BCUT2D eigenvalue weighted by molar-refractivity contribution is 0.0991. The predicted molar refractivity (Wildman–Crippen MR) is 116 cm³/mol. The number of carbonyl (C=O) groups excluding carboxylic acids is 1. The number of aromatic nitrogens is 3. The van der Waals surface area contributed by atoms with Gasteiger partial charge < -0.3 is 4.74 Å². The molecule has 1 aromatic carbocycles. The fourth-order valence-electron chi connectivity index (χ4n) is 3.27. The first-order valence-corrected chi connectivity index (χ1v) is 9.79. The van der Waals surface area contributed by atoms with Crippen molar-refractivity contribution in [2.45, 2.75) is 20.3 Å². The first-order valence-electron chi connectivity index (χ1n) is 9.79. The summed E-state index contributed by atoms with van der Waals surface area (Å²) in [5.41, 5.74) is 4.16. The number of ketones is 1. The fraction of sp³-hybridized carbons (Fsp3) is 0.120. The average Bonchev–Trinajstić information content (AvgIpc) is 2.77. The Kier molecular flexibility index (Phi) is 5.80. The van der Waals surface area contributed by atoms with E-state index in [0.717, 1.165) is 16.7 Å². The zero-order valence-electron chi connectivity index (χ0n) is 17.2. The molecule has 5 nitrogen and oxygen atoms in total. The number of pyridine rings is 3. The Hall–Kier alpha value is -3.93.